The van der Waals surface area contributed by atoms with Gasteiger partial charge in [-0.05, 0) is 37.5 Å². The minimum atomic E-state index is -0.235. The van der Waals surface area contributed by atoms with E-state index in [1.54, 1.807) is 29.4 Å². The lowest BCUT2D eigenvalue weighted by Gasteiger charge is -2.13. The maximum atomic E-state index is 12.7. The van der Waals surface area contributed by atoms with Crippen molar-refractivity contribution in [3.8, 4) is 17.3 Å². The van der Waals surface area contributed by atoms with Crippen molar-refractivity contribution in [1.29, 1.82) is 0 Å². The average molecular weight is 445 g/mol. The van der Waals surface area contributed by atoms with Gasteiger partial charge in [-0.25, -0.2) is 9.97 Å². The molecule has 0 aliphatic heterocycles. The minimum absolute atomic E-state index is 0.0162. The maximum Gasteiger partial charge on any atom is 0.271 e. The van der Waals surface area contributed by atoms with Crippen LogP contribution in [0.3, 0.4) is 0 Å². The van der Waals surface area contributed by atoms with Crippen LogP contribution in [0.15, 0.2) is 65.7 Å². The van der Waals surface area contributed by atoms with Crippen LogP contribution in [0.5, 0.6) is 0 Å². The van der Waals surface area contributed by atoms with Crippen LogP contribution in [0, 0.1) is 0 Å². The number of rotatable bonds is 7. The van der Waals surface area contributed by atoms with Gasteiger partial charge in [-0.3, -0.25) is 9.36 Å². The molecule has 8 nitrogen and oxygen atoms in total. The van der Waals surface area contributed by atoms with Crippen molar-refractivity contribution in [3.05, 3.63) is 78.3 Å². The molecule has 1 atom stereocenters. The van der Waals surface area contributed by atoms with Crippen molar-refractivity contribution in [1.82, 2.24) is 30.0 Å². The molecule has 0 aliphatic rings. The summed E-state index contributed by atoms with van der Waals surface area (Å²) in [5.74, 6) is 1.32. The molecule has 0 bridgehead atoms. The number of imidazole rings is 1. The van der Waals surface area contributed by atoms with E-state index in [0.717, 1.165) is 12.8 Å². The number of amides is 1. The molecule has 0 saturated carbocycles. The second-order valence-corrected chi connectivity index (χ2v) is 9.11. The van der Waals surface area contributed by atoms with Crippen molar-refractivity contribution in [2.24, 2.45) is 0 Å². The molecule has 0 saturated heterocycles. The zero-order valence-electron chi connectivity index (χ0n) is 19.3. The molecule has 1 aromatic carbocycles. The van der Waals surface area contributed by atoms with Crippen LogP contribution >= 0.6 is 0 Å². The third kappa shape index (κ3) is 5.34. The number of nitrogens with zero attached hydrogens (tertiary/aromatic N) is 5. The number of pyridine rings is 1. The van der Waals surface area contributed by atoms with Gasteiger partial charge < -0.3 is 9.84 Å². The van der Waals surface area contributed by atoms with E-state index in [4.69, 9.17) is 4.52 Å². The topological polar surface area (TPSA) is 98.7 Å². The molecule has 0 aliphatic carbocycles. The molecule has 4 rings (SSSR count). The fourth-order valence-electron chi connectivity index (χ4n) is 3.36. The van der Waals surface area contributed by atoms with Gasteiger partial charge in [0.1, 0.15) is 12.0 Å². The minimum Gasteiger partial charge on any atom is -0.348 e. The predicted octanol–water partition coefficient (Wildman–Crippen LogP) is 4.37. The number of aryl methyl sites for hydroxylation is 1. The van der Waals surface area contributed by atoms with E-state index in [-0.39, 0.29) is 17.4 Å². The summed E-state index contributed by atoms with van der Waals surface area (Å²) in [4.78, 5) is 26.0. The molecule has 3 aromatic heterocycles. The van der Waals surface area contributed by atoms with E-state index in [9.17, 15) is 4.79 Å². The summed E-state index contributed by atoms with van der Waals surface area (Å²) in [6.07, 6.45) is 6.64. The summed E-state index contributed by atoms with van der Waals surface area (Å²) < 4.78 is 7.19. The first-order valence-electron chi connectivity index (χ1n) is 11.0. The molecule has 0 fully saturated rings. The zero-order chi connectivity index (χ0) is 23.4. The van der Waals surface area contributed by atoms with E-state index in [2.05, 4.69) is 37.6 Å². The van der Waals surface area contributed by atoms with E-state index in [0.29, 0.717) is 28.8 Å². The van der Waals surface area contributed by atoms with E-state index < -0.39 is 0 Å². The van der Waals surface area contributed by atoms with E-state index in [1.165, 1.54) is 5.56 Å². The highest BCUT2D eigenvalue weighted by Gasteiger charge is 2.23. The van der Waals surface area contributed by atoms with Gasteiger partial charge in [-0.15, -0.1) is 0 Å². The second kappa shape index (κ2) is 9.36. The number of aromatic nitrogens is 5. The Morgan fingerprint density at radius 1 is 1.12 bits per heavy atom. The molecule has 0 radical (unpaired) electrons. The molecule has 1 unspecified atom stereocenters. The Labute approximate surface area is 193 Å². The fraction of sp³-hybridized carbons (Fsp3) is 0.320. The molecular formula is C25H28N6O2. The van der Waals surface area contributed by atoms with Crippen LogP contribution in [0.1, 0.15) is 56.0 Å². The normalized spacial score (nSPS) is 12.5. The molecule has 33 heavy (non-hydrogen) atoms. The highest BCUT2D eigenvalue weighted by molar-refractivity contribution is 5.92. The van der Waals surface area contributed by atoms with Crippen LogP contribution in [0.2, 0.25) is 0 Å². The smallest absolute Gasteiger partial charge is 0.271 e. The zero-order valence-corrected chi connectivity index (χ0v) is 19.3. The van der Waals surface area contributed by atoms with Gasteiger partial charge >= 0.3 is 0 Å². The molecule has 170 valence electrons. The maximum absolute atomic E-state index is 12.7. The Bertz CT molecular complexity index is 1220. The summed E-state index contributed by atoms with van der Waals surface area (Å²) in [6.45, 7) is 8.06. The van der Waals surface area contributed by atoms with Gasteiger partial charge in [0.15, 0.2) is 11.6 Å². The van der Waals surface area contributed by atoms with Gasteiger partial charge in [-0.2, -0.15) is 4.98 Å². The van der Waals surface area contributed by atoms with Crippen LogP contribution in [-0.4, -0.2) is 36.6 Å². The number of carbonyl (C=O) groups is 1. The first-order valence-corrected chi connectivity index (χ1v) is 11.0. The summed E-state index contributed by atoms with van der Waals surface area (Å²) in [5.41, 5.74) is 2.00. The lowest BCUT2D eigenvalue weighted by atomic mass is 9.96. The fourth-order valence-corrected chi connectivity index (χ4v) is 3.36. The average Bonchev–Trinajstić information content (AvgIpc) is 3.48. The summed E-state index contributed by atoms with van der Waals surface area (Å²) >= 11 is 0. The number of hydrogen-bond donors (Lipinski definition) is 1. The van der Waals surface area contributed by atoms with Crippen molar-refractivity contribution in [2.45, 2.75) is 52.0 Å². The molecule has 1 amide bonds. The third-order valence-electron chi connectivity index (χ3n) is 5.26. The van der Waals surface area contributed by atoms with Crippen molar-refractivity contribution < 1.29 is 9.32 Å². The Morgan fingerprint density at radius 2 is 1.91 bits per heavy atom. The SMILES string of the molecule is CC(CCc1ccccc1)NC(=O)c1cn(-c2ncccc2-c2nc(C(C)(C)C)no2)cn1. The Kier molecular flexibility index (Phi) is 6.35. The van der Waals surface area contributed by atoms with Gasteiger partial charge in [-0.1, -0.05) is 56.3 Å². The standard InChI is InChI=1S/C25H28N6O2/c1-17(12-13-18-9-6-5-7-10-18)28-22(32)20-15-31(16-27-20)21-19(11-8-14-26-21)23-29-24(30-33-23)25(2,3)4/h5-11,14-17H,12-13H2,1-4H3,(H,28,32). The molecule has 0 spiro atoms. The molecule has 1 N–H and O–H groups in total. The van der Waals surface area contributed by atoms with Crippen LogP contribution < -0.4 is 5.32 Å². The van der Waals surface area contributed by atoms with E-state index in [1.807, 2.05) is 52.0 Å². The summed E-state index contributed by atoms with van der Waals surface area (Å²) in [6, 6.07) is 13.9. The molecule has 4 aromatic rings. The van der Waals surface area contributed by atoms with Crippen LogP contribution in [0.4, 0.5) is 0 Å². The number of carbonyl (C=O) groups excluding carboxylic acids is 1. The quantitative estimate of drug-likeness (QED) is 0.455. The van der Waals surface area contributed by atoms with Crippen LogP contribution in [0.25, 0.3) is 17.3 Å². The van der Waals surface area contributed by atoms with Crippen LogP contribution in [-0.2, 0) is 11.8 Å². The summed E-state index contributed by atoms with van der Waals surface area (Å²) in [5, 5.41) is 7.12. The Hall–Kier alpha value is -3.81. The first kappa shape index (κ1) is 22.4. The van der Waals surface area contributed by atoms with Gasteiger partial charge in [0.25, 0.3) is 11.8 Å². The third-order valence-corrected chi connectivity index (χ3v) is 5.26. The number of benzene rings is 1. The monoisotopic (exact) mass is 444 g/mol. The molecule has 3 heterocycles. The highest BCUT2D eigenvalue weighted by atomic mass is 16.5. The van der Waals surface area contributed by atoms with Crippen molar-refractivity contribution in [2.75, 3.05) is 0 Å². The first-order chi connectivity index (χ1) is 15.8. The highest BCUT2D eigenvalue weighted by Crippen LogP contribution is 2.27. The lowest BCUT2D eigenvalue weighted by molar-refractivity contribution is 0.0934. The van der Waals surface area contributed by atoms with E-state index >= 15 is 0 Å². The molecule has 8 heteroatoms. The lowest BCUT2D eigenvalue weighted by Crippen LogP contribution is -2.33. The van der Waals surface area contributed by atoms with Crippen molar-refractivity contribution in [3.63, 3.8) is 0 Å². The Morgan fingerprint density at radius 3 is 2.64 bits per heavy atom. The largest absolute Gasteiger partial charge is 0.348 e. The van der Waals surface area contributed by atoms with Gasteiger partial charge in [0.2, 0.25) is 0 Å². The van der Waals surface area contributed by atoms with Crippen molar-refractivity contribution >= 4 is 5.91 Å². The molecular weight excluding hydrogens is 416 g/mol. The second-order valence-electron chi connectivity index (χ2n) is 9.11. The predicted molar refractivity (Wildman–Crippen MR) is 125 cm³/mol. The number of nitrogens with one attached hydrogen (secondary N) is 1. The Balaban J connectivity index is 1.47. The summed E-state index contributed by atoms with van der Waals surface area (Å²) in [7, 11) is 0. The number of hydrogen-bond acceptors (Lipinski definition) is 6. The van der Waals surface area contributed by atoms with Gasteiger partial charge in [0, 0.05) is 23.9 Å². The van der Waals surface area contributed by atoms with Gasteiger partial charge in [0.05, 0.1) is 5.56 Å².